The topological polar surface area (TPSA) is 88.5 Å². The molecule has 3 rings (SSSR count). The van der Waals surface area contributed by atoms with Crippen LogP contribution in [0.3, 0.4) is 0 Å². The summed E-state index contributed by atoms with van der Waals surface area (Å²) in [5, 5.41) is 16.4. The van der Waals surface area contributed by atoms with Gasteiger partial charge in [-0.05, 0) is 18.2 Å². The summed E-state index contributed by atoms with van der Waals surface area (Å²) < 4.78 is 5.74. The monoisotopic (exact) mass is 271 g/mol. The summed E-state index contributed by atoms with van der Waals surface area (Å²) in [7, 11) is 0. The van der Waals surface area contributed by atoms with E-state index in [1.807, 2.05) is 0 Å². The van der Waals surface area contributed by atoms with Crippen LogP contribution in [0.4, 0.5) is 5.69 Å². The quantitative estimate of drug-likeness (QED) is 0.355. The third-order valence-electron chi connectivity index (χ3n) is 2.88. The lowest BCUT2D eigenvalue weighted by Gasteiger charge is -2.09. The van der Waals surface area contributed by atoms with Crippen LogP contribution in [-0.4, -0.2) is 0 Å². The van der Waals surface area contributed by atoms with Gasteiger partial charge in [0, 0.05) is 28.8 Å². The fraction of sp³-hybridized carbons (Fsp3) is 0. The largest absolute Gasteiger partial charge is 1.00 e. The number of nitriles is 1. The first-order chi connectivity index (χ1) is 8.69. The second kappa shape index (κ2) is 4.63. The molecule has 1 aromatic carbocycles. The highest BCUT2D eigenvalue weighted by molar-refractivity contribution is 5.92. The molecule has 5 heteroatoms. The fourth-order valence-electron chi connectivity index (χ4n) is 2.04. The number of rotatable bonds is 0. The molecule has 0 bridgehead atoms. The lowest BCUT2D eigenvalue weighted by molar-refractivity contribution is -0.172. The molecule has 19 heavy (non-hydrogen) atoms. The number of fused-ring (bicyclic) bond motifs is 2. The van der Waals surface area contributed by atoms with Gasteiger partial charge in [0.2, 0.25) is 0 Å². The Bertz CT molecular complexity index is 832. The van der Waals surface area contributed by atoms with E-state index in [9.17, 15) is 5.26 Å². The molecule has 0 unspecified atom stereocenters. The molecule has 0 radical (unpaired) electrons. The van der Waals surface area contributed by atoms with Gasteiger partial charge in [-0.3, -0.25) is 5.41 Å². The lowest BCUT2D eigenvalue weighted by atomic mass is 10.0. The zero-order chi connectivity index (χ0) is 12.7. The van der Waals surface area contributed by atoms with Crippen LogP contribution in [0, 0.1) is 11.3 Å². The van der Waals surface area contributed by atoms with E-state index >= 15 is 0 Å². The molecule has 94 valence electrons. The molecule has 0 aromatic heterocycles. The molecule has 4 nitrogen and oxygen atoms in total. The first kappa shape index (κ1) is 12.9. The van der Waals surface area contributed by atoms with Crippen molar-refractivity contribution in [3.8, 4) is 17.4 Å². The van der Waals surface area contributed by atoms with Gasteiger partial charge < -0.3 is 22.6 Å². The molecule has 0 saturated carbocycles. The fourth-order valence-corrected chi connectivity index (χ4v) is 2.04. The summed E-state index contributed by atoms with van der Waals surface area (Å²) in [6, 6.07) is 12.7. The molecule has 0 fully saturated rings. The molecule has 0 atom stereocenters. The minimum absolute atomic E-state index is 0. The maximum absolute atomic E-state index is 9.32. The van der Waals surface area contributed by atoms with Crippen LogP contribution in [0.2, 0.25) is 0 Å². The Morgan fingerprint density at radius 3 is 2.68 bits per heavy atom. The average Bonchev–Trinajstić information content (AvgIpc) is 2.35. The maximum Gasteiger partial charge on any atom is 0.200 e. The van der Waals surface area contributed by atoms with Crippen LogP contribution in [-0.2, 0) is 0 Å². The van der Waals surface area contributed by atoms with Gasteiger partial charge in [0.25, 0.3) is 0 Å². The van der Waals surface area contributed by atoms with Crippen molar-refractivity contribution in [3.63, 3.8) is 0 Å². The predicted octanol–water partition coefficient (Wildman–Crippen LogP) is -2.34. The van der Waals surface area contributed by atoms with E-state index in [1.54, 1.807) is 36.4 Å². The highest BCUT2D eigenvalue weighted by atomic mass is 35.5. The Hall–Kier alpha value is -2.51. The van der Waals surface area contributed by atoms with Crippen LogP contribution >= 0.6 is 0 Å². The standard InChI is InChI=1S/C14H9N3O.ClH/c15-7-12-10-3-1-8(16)5-13(10)18-14-6-9(17)2-4-11(12)14;/h1-6,16H,17H2;1H. The first-order valence-corrected chi connectivity index (χ1v) is 5.44. The van der Waals surface area contributed by atoms with Gasteiger partial charge in [-0.15, -0.1) is 0 Å². The number of nitrogen functional groups attached to an aromatic ring is 1. The van der Waals surface area contributed by atoms with Gasteiger partial charge in [0.05, 0.1) is 11.6 Å². The summed E-state index contributed by atoms with van der Waals surface area (Å²) in [6.07, 6.45) is 0. The molecular formula is C14H10ClN3O. The Balaban J connectivity index is 0.00000133. The van der Waals surface area contributed by atoms with Crippen molar-refractivity contribution >= 4 is 16.7 Å². The number of nitrogens with zero attached hydrogens (tertiary/aromatic N) is 1. The summed E-state index contributed by atoms with van der Waals surface area (Å²) in [5.74, 6) is 0.588. The van der Waals surface area contributed by atoms with Crippen LogP contribution in [0.1, 0.15) is 5.56 Å². The molecular weight excluding hydrogens is 262 g/mol. The number of benzene rings is 2. The Morgan fingerprint density at radius 2 is 1.95 bits per heavy atom. The molecule has 0 spiro atoms. The summed E-state index contributed by atoms with van der Waals surface area (Å²) in [5.41, 5.74) is 8.23. The second-order valence-electron chi connectivity index (χ2n) is 4.10. The van der Waals surface area contributed by atoms with Crippen molar-refractivity contribution < 1.29 is 22.2 Å². The SMILES string of the molecule is N#Cc1c2ccc(=[NH2+])cc-2oc2cc(N)ccc12.[Cl-]. The first-order valence-electron chi connectivity index (χ1n) is 5.44. The molecule has 1 aromatic rings. The van der Waals surface area contributed by atoms with Gasteiger partial charge in [0.1, 0.15) is 17.4 Å². The second-order valence-corrected chi connectivity index (χ2v) is 4.10. The lowest BCUT2D eigenvalue weighted by Crippen LogP contribution is -3.00. The third kappa shape index (κ3) is 2.01. The van der Waals surface area contributed by atoms with Crippen LogP contribution < -0.4 is 28.9 Å². The van der Waals surface area contributed by atoms with E-state index in [0.717, 1.165) is 10.9 Å². The van der Waals surface area contributed by atoms with E-state index in [2.05, 4.69) is 6.07 Å². The van der Waals surface area contributed by atoms with Gasteiger partial charge in [0.15, 0.2) is 5.36 Å². The molecule has 0 amide bonds. The molecule has 1 aliphatic heterocycles. The average molecular weight is 272 g/mol. The molecule has 1 aliphatic carbocycles. The van der Waals surface area contributed by atoms with Crippen molar-refractivity contribution in [3.05, 3.63) is 47.3 Å². The normalized spacial score (nSPS) is 10.1. The van der Waals surface area contributed by atoms with Gasteiger partial charge >= 0.3 is 0 Å². The minimum atomic E-state index is 0. The smallest absolute Gasteiger partial charge is 0.200 e. The van der Waals surface area contributed by atoms with E-state index < -0.39 is 0 Å². The van der Waals surface area contributed by atoms with Crippen molar-refractivity contribution in [1.82, 2.24) is 0 Å². The predicted molar refractivity (Wildman–Crippen MR) is 67.0 cm³/mol. The van der Waals surface area contributed by atoms with Crippen molar-refractivity contribution in [2.24, 2.45) is 0 Å². The summed E-state index contributed by atoms with van der Waals surface area (Å²) >= 11 is 0. The number of halogens is 1. The van der Waals surface area contributed by atoms with Crippen LogP contribution in [0.15, 0.2) is 40.8 Å². The molecule has 2 aliphatic rings. The zero-order valence-electron chi connectivity index (χ0n) is 9.85. The highest BCUT2D eigenvalue weighted by Gasteiger charge is 2.15. The number of anilines is 1. The zero-order valence-corrected chi connectivity index (χ0v) is 10.6. The van der Waals surface area contributed by atoms with Gasteiger partial charge in [-0.25, -0.2) is 0 Å². The number of hydrogen-bond donors (Lipinski definition) is 2. The highest BCUT2D eigenvalue weighted by Crippen LogP contribution is 2.32. The molecule has 1 heterocycles. The van der Waals surface area contributed by atoms with Gasteiger partial charge in [-0.1, -0.05) is 0 Å². The van der Waals surface area contributed by atoms with E-state index in [-0.39, 0.29) is 12.4 Å². The van der Waals surface area contributed by atoms with Crippen LogP contribution in [0.25, 0.3) is 22.3 Å². The Kier molecular flexibility index (Phi) is 3.16. The van der Waals surface area contributed by atoms with E-state index in [1.165, 1.54) is 0 Å². The molecule has 0 saturated heterocycles. The Labute approximate surface area is 115 Å². The van der Waals surface area contributed by atoms with Crippen molar-refractivity contribution in [2.75, 3.05) is 5.73 Å². The summed E-state index contributed by atoms with van der Waals surface area (Å²) in [4.78, 5) is 0. The number of nitrogens with two attached hydrogens (primary N) is 2. The van der Waals surface area contributed by atoms with Crippen LogP contribution in [0.5, 0.6) is 0 Å². The van der Waals surface area contributed by atoms with E-state index in [0.29, 0.717) is 28.0 Å². The number of hydrogen-bond acceptors (Lipinski definition) is 3. The summed E-state index contributed by atoms with van der Waals surface area (Å²) in [6.45, 7) is 0. The van der Waals surface area contributed by atoms with Gasteiger partial charge in [-0.2, -0.15) is 5.26 Å². The third-order valence-corrected chi connectivity index (χ3v) is 2.88. The Morgan fingerprint density at radius 1 is 1.16 bits per heavy atom. The minimum Gasteiger partial charge on any atom is -1.00 e. The van der Waals surface area contributed by atoms with E-state index in [4.69, 9.17) is 15.6 Å². The van der Waals surface area contributed by atoms with Crippen molar-refractivity contribution in [1.29, 1.82) is 5.26 Å². The van der Waals surface area contributed by atoms with Crippen molar-refractivity contribution in [2.45, 2.75) is 0 Å². The molecule has 4 N–H and O–H groups in total. The maximum atomic E-state index is 9.32.